The maximum Gasteiger partial charge on any atom is 0.339 e. The van der Waals surface area contributed by atoms with Gasteiger partial charge in [0.05, 0.1) is 16.8 Å². The van der Waals surface area contributed by atoms with Gasteiger partial charge in [0.1, 0.15) is 5.75 Å². The summed E-state index contributed by atoms with van der Waals surface area (Å²) in [7, 11) is 0. The fraction of sp³-hybridized carbons (Fsp3) is 0.320. The zero-order valence-corrected chi connectivity index (χ0v) is 17.6. The highest BCUT2D eigenvalue weighted by Gasteiger charge is 2.26. The van der Waals surface area contributed by atoms with Gasteiger partial charge in [-0.2, -0.15) is 0 Å². The molecule has 31 heavy (non-hydrogen) atoms. The normalized spacial score (nSPS) is 16.3. The lowest BCUT2D eigenvalue weighted by atomic mass is 10.00. The third-order valence-corrected chi connectivity index (χ3v) is 5.84. The predicted molar refractivity (Wildman–Crippen MR) is 119 cm³/mol. The van der Waals surface area contributed by atoms with E-state index in [2.05, 4.69) is 11.9 Å². The SMILES string of the molecule is CC[C@@H]1CCCCN1C(=O)COC(=O)c1cc(-c2ccc(O)cc2)nc2ccccc12. The Morgan fingerprint density at radius 2 is 1.90 bits per heavy atom. The number of para-hydroxylation sites is 1. The maximum absolute atomic E-state index is 13.0. The van der Waals surface area contributed by atoms with E-state index in [0.717, 1.165) is 37.8 Å². The van der Waals surface area contributed by atoms with Gasteiger partial charge < -0.3 is 14.7 Å². The quantitative estimate of drug-likeness (QED) is 0.615. The molecule has 6 nitrogen and oxygen atoms in total. The predicted octanol–water partition coefficient (Wildman–Crippen LogP) is 4.56. The Bertz CT molecular complexity index is 1090. The van der Waals surface area contributed by atoms with Crippen molar-refractivity contribution >= 4 is 22.8 Å². The first-order chi connectivity index (χ1) is 15.1. The van der Waals surface area contributed by atoms with Crippen molar-refractivity contribution in [2.24, 2.45) is 0 Å². The second-order valence-corrected chi connectivity index (χ2v) is 7.84. The monoisotopic (exact) mass is 418 g/mol. The lowest BCUT2D eigenvalue weighted by Crippen LogP contribution is -2.45. The highest BCUT2D eigenvalue weighted by Crippen LogP contribution is 2.27. The lowest BCUT2D eigenvalue weighted by molar-refractivity contribution is -0.138. The number of likely N-dealkylation sites (tertiary alicyclic amines) is 1. The molecular formula is C25H26N2O4. The van der Waals surface area contributed by atoms with Crippen LogP contribution in [0.25, 0.3) is 22.2 Å². The van der Waals surface area contributed by atoms with Crippen LogP contribution in [0.5, 0.6) is 5.75 Å². The average Bonchev–Trinajstić information content (AvgIpc) is 2.82. The number of rotatable bonds is 5. The molecule has 1 atom stereocenters. The second-order valence-electron chi connectivity index (χ2n) is 7.84. The van der Waals surface area contributed by atoms with Crippen molar-refractivity contribution in [2.75, 3.05) is 13.2 Å². The number of aromatic nitrogens is 1. The topological polar surface area (TPSA) is 79.7 Å². The van der Waals surface area contributed by atoms with Gasteiger partial charge in [0.25, 0.3) is 5.91 Å². The molecule has 2 aromatic carbocycles. The van der Waals surface area contributed by atoms with Crippen LogP contribution in [0.3, 0.4) is 0 Å². The molecule has 0 unspecified atom stereocenters. The molecule has 0 saturated carbocycles. The van der Waals surface area contributed by atoms with Crippen molar-refractivity contribution in [3.8, 4) is 17.0 Å². The van der Waals surface area contributed by atoms with E-state index in [1.807, 2.05) is 29.2 Å². The van der Waals surface area contributed by atoms with Gasteiger partial charge in [0.2, 0.25) is 0 Å². The fourth-order valence-corrected chi connectivity index (χ4v) is 4.17. The molecule has 0 spiro atoms. The van der Waals surface area contributed by atoms with E-state index in [9.17, 15) is 14.7 Å². The van der Waals surface area contributed by atoms with E-state index in [-0.39, 0.29) is 24.3 Å². The number of hydrogen-bond donors (Lipinski definition) is 1. The number of benzene rings is 2. The Morgan fingerprint density at radius 1 is 1.13 bits per heavy atom. The van der Waals surface area contributed by atoms with E-state index >= 15 is 0 Å². The van der Waals surface area contributed by atoms with Gasteiger partial charge in [0, 0.05) is 23.5 Å². The van der Waals surface area contributed by atoms with Crippen LogP contribution >= 0.6 is 0 Å². The van der Waals surface area contributed by atoms with Gasteiger partial charge in [-0.15, -0.1) is 0 Å². The van der Waals surface area contributed by atoms with Gasteiger partial charge in [-0.1, -0.05) is 25.1 Å². The molecule has 4 rings (SSSR count). The van der Waals surface area contributed by atoms with Crippen LogP contribution in [0.15, 0.2) is 54.6 Å². The summed E-state index contributed by atoms with van der Waals surface area (Å²) in [4.78, 5) is 32.2. The molecule has 0 aliphatic carbocycles. The molecule has 1 saturated heterocycles. The van der Waals surface area contributed by atoms with E-state index in [4.69, 9.17) is 4.74 Å². The van der Waals surface area contributed by atoms with E-state index in [1.54, 1.807) is 30.3 Å². The van der Waals surface area contributed by atoms with Crippen molar-refractivity contribution in [3.63, 3.8) is 0 Å². The summed E-state index contributed by atoms with van der Waals surface area (Å²) in [5, 5.41) is 10.2. The highest BCUT2D eigenvalue weighted by molar-refractivity contribution is 6.05. The summed E-state index contributed by atoms with van der Waals surface area (Å²) in [6.07, 6.45) is 4.03. The number of carbonyl (C=O) groups excluding carboxylic acids is 2. The molecule has 2 heterocycles. The molecule has 1 aliphatic rings. The summed E-state index contributed by atoms with van der Waals surface area (Å²) in [6.45, 7) is 2.54. The number of hydrogen-bond acceptors (Lipinski definition) is 5. The number of carbonyl (C=O) groups is 2. The summed E-state index contributed by atoms with van der Waals surface area (Å²) >= 11 is 0. The van der Waals surface area contributed by atoms with Crippen molar-refractivity contribution in [1.82, 2.24) is 9.88 Å². The molecule has 1 amide bonds. The molecule has 1 aliphatic heterocycles. The van der Waals surface area contributed by atoms with Crippen molar-refractivity contribution < 1.29 is 19.4 Å². The minimum atomic E-state index is -0.544. The van der Waals surface area contributed by atoms with Crippen LogP contribution in [-0.2, 0) is 9.53 Å². The van der Waals surface area contributed by atoms with Crippen molar-refractivity contribution in [2.45, 2.75) is 38.6 Å². The molecule has 6 heteroatoms. The van der Waals surface area contributed by atoms with E-state index < -0.39 is 5.97 Å². The van der Waals surface area contributed by atoms with Crippen LogP contribution in [0, 0.1) is 0 Å². The summed E-state index contributed by atoms with van der Waals surface area (Å²) < 4.78 is 5.46. The Kier molecular flexibility index (Phi) is 6.16. The van der Waals surface area contributed by atoms with Gasteiger partial charge in [-0.3, -0.25) is 4.79 Å². The third kappa shape index (κ3) is 4.53. The minimum absolute atomic E-state index is 0.142. The standard InChI is InChI=1S/C25H26N2O4/c1-2-18-7-5-6-14-27(18)24(29)16-31-25(30)21-15-23(17-10-12-19(28)13-11-17)26-22-9-4-3-8-20(21)22/h3-4,8-13,15,18,28H,2,5-7,14,16H2,1H3/t18-/m1/s1. The van der Waals surface area contributed by atoms with Crippen LogP contribution in [0.4, 0.5) is 0 Å². The van der Waals surface area contributed by atoms with Gasteiger partial charge >= 0.3 is 5.97 Å². The number of piperidine rings is 1. The zero-order chi connectivity index (χ0) is 21.8. The zero-order valence-electron chi connectivity index (χ0n) is 17.6. The molecule has 0 bridgehead atoms. The fourth-order valence-electron chi connectivity index (χ4n) is 4.17. The first-order valence-corrected chi connectivity index (χ1v) is 10.7. The number of ether oxygens (including phenoxy) is 1. The van der Waals surface area contributed by atoms with Crippen LogP contribution in [0.1, 0.15) is 43.0 Å². The first-order valence-electron chi connectivity index (χ1n) is 10.7. The molecule has 160 valence electrons. The number of esters is 1. The van der Waals surface area contributed by atoms with Gasteiger partial charge in [-0.05, 0) is 62.1 Å². The summed E-state index contributed by atoms with van der Waals surface area (Å²) in [5.74, 6) is -0.528. The Balaban J connectivity index is 1.58. The smallest absolute Gasteiger partial charge is 0.339 e. The summed E-state index contributed by atoms with van der Waals surface area (Å²) in [5.41, 5.74) is 2.40. The second kappa shape index (κ2) is 9.16. The Labute approximate surface area is 181 Å². The molecule has 0 radical (unpaired) electrons. The number of fused-ring (bicyclic) bond motifs is 1. The minimum Gasteiger partial charge on any atom is -0.508 e. The largest absolute Gasteiger partial charge is 0.508 e. The Morgan fingerprint density at radius 3 is 2.68 bits per heavy atom. The summed E-state index contributed by atoms with van der Waals surface area (Å²) in [6, 6.07) is 15.9. The molecular weight excluding hydrogens is 392 g/mol. The van der Waals surface area contributed by atoms with Gasteiger partial charge in [0.15, 0.2) is 6.61 Å². The number of phenolic OH excluding ortho intramolecular Hbond substituents is 1. The molecule has 1 N–H and O–H groups in total. The maximum atomic E-state index is 13.0. The average molecular weight is 418 g/mol. The molecule has 1 fully saturated rings. The van der Waals surface area contributed by atoms with E-state index in [0.29, 0.717) is 22.2 Å². The van der Waals surface area contributed by atoms with Crippen molar-refractivity contribution in [3.05, 3.63) is 60.2 Å². The third-order valence-electron chi connectivity index (χ3n) is 5.84. The number of pyridine rings is 1. The molecule has 3 aromatic rings. The van der Waals surface area contributed by atoms with Crippen molar-refractivity contribution in [1.29, 1.82) is 0 Å². The van der Waals surface area contributed by atoms with E-state index in [1.165, 1.54) is 0 Å². The molecule has 1 aromatic heterocycles. The lowest BCUT2D eigenvalue weighted by Gasteiger charge is -2.35. The number of aromatic hydroxyl groups is 1. The highest BCUT2D eigenvalue weighted by atomic mass is 16.5. The van der Waals surface area contributed by atoms with Gasteiger partial charge in [-0.25, -0.2) is 9.78 Å². The number of amides is 1. The number of nitrogens with zero attached hydrogens (tertiary/aromatic N) is 2. The van der Waals surface area contributed by atoms with Crippen LogP contribution in [-0.4, -0.2) is 46.1 Å². The Hall–Kier alpha value is -3.41. The number of phenols is 1. The van der Waals surface area contributed by atoms with Crippen LogP contribution in [0.2, 0.25) is 0 Å². The van der Waals surface area contributed by atoms with Crippen LogP contribution < -0.4 is 0 Å². The first kappa shape index (κ1) is 20.8.